The number of aromatic amines is 6. The summed E-state index contributed by atoms with van der Waals surface area (Å²) in [5, 5.41) is -2.99. The molecule has 16 rings (SSSR count). The zero-order valence-electron chi connectivity index (χ0n) is 74.1. The van der Waals surface area contributed by atoms with E-state index in [1.165, 1.54) is 4.90 Å². The van der Waals surface area contributed by atoms with Crippen LogP contribution in [0.3, 0.4) is 0 Å². The summed E-state index contributed by atoms with van der Waals surface area (Å²) in [5.74, 6) is 1.37. The van der Waals surface area contributed by atoms with Gasteiger partial charge in [0.2, 0.25) is 3.79 Å². The lowest BCUT2D eigenvalue weighted by Gasteiger charge is -2.36. The molecular weight excluding hydrogens is 1770 g/mol. The van der Waals surface area contributed by atoms with Gasteiger partial charge in [0.1, 0.15) is 33.0 Å². The first-order valence-electron chi connectivity index (χ1n) is 42.9. The number of ether oxygens (including phenoxy) is 6. The van der Waals surface area contributed by atoms with Gasteiger partial charge >= 0.3 is 41.9 Å². The SMILES string of the molecule is CC(C)C1c2nc[nH]c2CCN1C(=O)OCC(Cl)(Cl)Cl.CC(C)C1c2nc[nH]c2CCN1C(=O)OCC(F)(F)Cl.CC(C)C1c2nc[nH]c2CCN1C(=O)OCc1ccc(Cl)cn1.CC(C)C1c2nc[nH]c2CCN1C(=O)OCc1ccccc1.CC(C)C1c2nc[nH]c2CCN1C(=O)OCc1cccnc1.CC(C)C1c2nc[nH]c2CCN1C(=O)OCc1ccncc1. The van der Waals surface area contributed by atoms with Crippen molar-refractivity contribution in [1.82, 2.24) is 104 Å². The zero-order chi connectivity index (χ0) is 92.8. The highest BCUT2D eigenvalue weighted by Crippen LogP contribution is 2.41. The molecule has 9 aromatic heterocycles. The van der Waals surface area contributed by atoms with Crippen molar-refractivity contribution in [1.29, 1.82) is 0 Å². The number of carbonyl (C=O) groups excluding carboxylic acids is 6. The van der Waals surface area contributed by atoms with Crippen LogP contribution >= 0.6 is 58.0 Å². The fraction of sp³-hybridized carbons (Fsp3) is 0.494. The zero-order valence-corrected chi connectivity index (χ0v) is 77.9. The molecule has 0 spiro atoms. The van der Waals surface area contributed by atoms with Crippen molar-refractivity contribution in [3.8, 4) is 0 Å². The third-order valence-electron chi connectivity index (χ3n) is 22.3. The number of hydrogen-bond donors (Lipinski definition) is 6. The Hall–Kier alpha value is -11.1. The van der Waals surface area contributed by atoms with Gasteiger partial charge in [0.15, 0.2) is 6.61 Å². The molecule has 6 unspecified atom stereocenters. The summed E-state index contributed by atoms with van der Waals surface area (Å²) in [7, 11) is 0. The Bertz CT molecular complexity index is 4860. The van der Waals surface area contributed by atoms with Gasteiger partial charge in [-0.15, -0.1) is 0 Å². The topological polar surface area (TPSA) is 388 Å². The van der Waals surface area contributed by atoms with Gasteiger partial charge in [0.05, 0.1) is 119 Å². The number of carbonyl (C=O) groups is 6. The van der Waals surface area contributed by atoms with E-state index in [1.54, 1.807) is 106 Å². The largest absolute Gasteiger partial charge is 0.445 e. The van der Waals surface area contributed by atoms with Crippen molar-refractivity contribution in [2.45, 2.75) is 193 Å². The van der Waals surface area contributed by atoms with E-state index in [4.69, 9.17) is 81.7 Å². The van der Waals surface area contributed by atoms with Crippen molar-refractivity contribution < 1.29 is 66.0 Å². The second kappa shape index (κ2) is 45.9. The van der Waals surface area contributed by atoms with Crippen LogP contribution in [0.25, 0.3) is 0 Å². The summed E-state index contributed by atoms with van der Waals surface area (Å²) in [4.78, 5) is 141. The number of aromatic nitrogens is 15. The van der Waals surface area contributed by atoms with E-state index in [0.29, 0.717) is 69.4 Å². The number of amides is 6. The molecule has 0 saturated carbocycles. The van der Waals surface area contributed by atoms with E-state index >= 15 is 0 Å². The van der Waals surface area contributed by atoms with Crippen LogP contribution in [0, 0.1) is 35.5 Å². The number of pyridine rings is 3. The van der Waals surface area contributed by atoms with Gasteiger partial charge in [-0.05, 0) is 88.6 Å². The average molecular weight is 1880 g/mol. The molecule has 6 amide bonds. The number of imidazole rings is 6. The molecule has 0 radical (unpaired) electrons. The molecular formula is C89H112Cl5F2N21O12. The van der Waals surface area contributed by atoms with Crippen molar-refractivity contribution in [3.05, 3.63) is 231 Å². The lowest BCUT2D eigenvalue weighted by molar-refractivity contribution is -0.00498. The molecule has 6 aliphatic heterocycles. The van der Waals surface area contributed by atoms with E-state index < -0.39 is 28.0 Å². The number of rotatable bonds is 17. The smallest absolute Gasteiger partial charge is 0.410 e. The number of nitrogens with zero attached hydrogens (tertiary/aromatic N) is 15. The highest BCUT2D eigenvalue weighted by atomic mass is 35.6. The van der Waals surface area contributed by atoms with Crippen molar-refractivity contribution in [3.63, 3.8) is 0 Å². The Balaban J connectivity index is 0.000000150. The summed E-state index contributed by atoms with van der Waals surface area (Å²) < 4.78 is 55.0. The number of halogens is 7. The Kier molecular flexibility index (Phi) is 35.0. The van der Waals surface area contributed by atoms with E-state index in [9.17, 15) is 37.5 Å². The molecule has 6 atom stereocenters. The molecule has 129 heavy (non-hydrogen) atoms. The number of H-pyrrole nitrogens is 6. The second-order valence-corrected chi connectivity index (χ2v) is 37.1. The van der Waals surface area contributed by atoms with E-state index in [-0.39, 0.29) is 123 Å². The average Bonchev–Trinajstić information content (AvgIpc) is 1.71. The minimum absolute atomic E-state index is 0.0294. The van der Waals surface area contributed by atoms with Gasteiger partial charge < -0.3 is 58.3 Å². The predicted molar refractivity (Wildman–Crippen MR) is 478 cm³/mol. The van der Waals surface area contributed by atoms with Crippen molar-refractivity contribution in [2.24, 2.45) is 35.5 Å². The van der Waals surface area contributed by atoms with Crippen LogP contribution in [0.5, 0.6) is 0 Å². The van der Waals surface area contributed by atoms with Crippen LogP contribution in [0.4, 0.5) is 37.5 Å². The lowest BCUT2D eigenvalue weighted by atomic mass is 9.94. The van der Waals surface area contributed by atoms with Crippen molar-refractivity contribution >= 4 is 94.6 Å². The molecule has 0 saturated heterocycles. The standard InChI is InChI=1S/C17H21N3O2.C16H19ClN4O2.2C16H20N4O2.C12H16Cl3N3O2.C12H16ClF2N3O2/c1-12(2)16-15-14(18-11-19-15)8-9-20(16)17(21)22-10-13-6-4-3-5-7-13;1-10(2)15-14-13(19-9-20-14)5-6-21(15)16(22)23-8-12-4-3-11(17)7-18-12;1-11(2)15-14-13(18-10-19-14)5-8-20(15)16(21)22-9-12-3-6-17-7-4-12;1-11(2)15-14-13(18-10-19-14)5-7-20(15)16(21)22-9-12-4-3-6-17-8-12;2*1-7(2)10-9-8(16-6-17-9)3-4-18(10)11(19)20-5-12(13,14)15/h3-7,11-12,16H,8-10H2,1-2H3,(H,18,19);3-4,7,9-10,15H,5-6,8H2,1-2H3,(H,19,20);3-4,6-7,10-11,15H,5,8-9H2,1-2H3,(H,18,19);3-4,6,8,10-11,15H,5,7,9H2,1-2H3,(H,18,19);2*6-7,10H,3-5H2,1-2H3,(H,16,17). The highest BCUT2D eigenvalue weighted by Gasteiger charge is 2.43. The van der Waals surface area contributed by atoms with Gasteiger partial charge in [0.25, 0.3) is 0 Å². The molecule has 0 aliphatic carbocycles. The van der Waals surface area contributed by atoms with Crippen LogP contribution in [0.2, 0.25) is 5.02 Å². The molecule has 40 heteroatoms. The minimum atomic E-state index is -3.55. The Morgan fingerprint density at radius 1 is 0.349 bits per heavy atom. The molecule has 0 bridgehead atoms. The van der Waals surface area contributed by atoms with E-state index in [0.717, 1.165) is 111 Å². The lowest BCUT2D eigenvalue weighted by Crippen LogP contribution is -2.43. The third kappa shape index (κ3) is 26.6. The van der Waals surface area contributed by atoms with Gasteiger partial charge in [0, 0.05) is 149 Å². The molecule has 0 fully saturated rings. The van der Waals surface area contributed by atoms with Gasteiger partial charge in [-0.3, -0.25) is 44.4 Å². The first kappa shape index (κ1) is 98.5. The molecule has 1 aromatic carbocycles. The Morgan fingerprint density at radius 3 is 0.915 bits per heavy atom. The van der Waals surface area contributed by atoms with Gasteiger partial charge in [-0.2, -0.15) is 8.78 Å². The van der Waals surface area contributed by atoms with Crippen LogP contribution < -0.4 is 0 Å². The monoisotopic (exact) mass is 1880 g/mol. The molecule has 6 aliphatic rings. The summed E-state index contributed by atoms with van der Waals surface area (Å²) in [6, 6.07) is 20.0. The highest BCUT2D eigenvalue weighted by molar-refractivity contribution is 6.67. The van der Waals surface area contributed by atoms with Crippen LogP contribution in [0.1, 0.15) is 210 Å². The Morgan fingerprint density at radius 2 is 0.636 bits per heavy atom. The Labute approximate surface area is 772 Å². The number of fused-ring (bicyclic) bond motifs is 6. The number of alkyl halides is 6. The summed E-state index contributed by atoms with van der Waals surface area (Å²) in [5.41, 5.74) is 15.5. The number of nitrogens with one attached hydrogen (secondary N) is 6. The quantitative estimate of drug-likeness (QED) is 0.0364. The minimum Gasteiger partial charge on any atom is -0.445 e. The van der Waals surface area contributed by atoms with Gasteiger partial charge in [-0.25, -0.2) is 58.7 Å². The van der Waals surface area contributed by atoms with Crippen LogP contribution in [-0.2, 0) is 93.4 Å². The van der Waals surface area contributed by atoms with Crippen molar-refractivity contribution in [2.75, 3.05) is 52.5 Å². The van der Waals surface area contributed by atoms with E-state index in [1.807, 2.05) is 82.3 Å². The first-order chi connectivity index (χ1) is 61.6. The maximum absolute atomic E-state index is 12.5. The second-order valence-electron chi connectivity index (χ2n) is 33.6. The predicted octanol–water partition coefficient (Wildman–Crippen LogP) is 18.4. The summed E-state index contributed by atoms with van der Waals surface area (Å²) >= 11 is 27.3. The number of hydrogen-bond acceptors (Lipinski definition) is 21. The molecule has 10 aromatic rings. The van der Waals surface area contributed by atoms with Gasteiger partial charge in [-0.1, -0.05) is 166 Å². The fourth-order valence-corrected chi connectivity index (χ4v) is 16.8. The fourth-order valence-electron chi connectivity index (χ4n) is 16.5. The van der Waals surface area contributed by atoms with Crippen LogP contribution in [0.15, 0.2) is 136 Å². The summed E-state index contributed by atoms with van der Waals surface area (Å²) in [6.45, 7) is 27.7. The van der Waals surface area contributed by atoms with Crippen LogP contribution in [-0.4, -0.2) is 202 Å². The normalized spacial score (nSPS) is 17.9. The molecule has 694 valence electrons. The number of benzene rings is 1. The molecule has 15 heterocycles. The van der Waals surface area contributed by atoms with E-state index in [2.05, 4.69) is 135 Å². The summed E-state index contributed by atoms with van der Waals surface area (Å²) in [6.07, 6.45) is 20.3. The first-order valence-corrected chi connectivity index (χ1v) is 44.8. The molecule has 6 N–H and O–H groups in total. The maximum atomic E-state index is 12.5. The maximum Gasteiger partial charge on any atom is 0.410 e. The molecule has 33 nitrogen and oxygen atoms in total. The third-order valence-corrected chi connectivity index (χ3v) is 22.9.